The van der Waals surface area contributed by atoms with E-state index in [1.165, 1.54) is 11.2 Å². The van der Waals surface area contributed by atoms with Gasteiger partial charge in [0, 0.05) is 31.5 Å². The van der Waals surface area contributed by atoms with Crippen LogP contribution in [0.2, 0.25) is 0 Å². The molecule has 2 amide bonds. The van der Waals surface area contributed by atoms with Crippen LogP contribution in [-0.4, -0.2) is 51.3 Å². The van der Waals surface area contributed by atoms with Gasteiger partial charge < -0.3 is 16.0 Å². The molecule has 28 heavy (non-hydrogen) atoms. The van der Waals surface area contributed by atoms with E-state index >= 15 is 0 Å². The Bertz CT molecular complexity index is 907. The summed E-state index contributed by atoms with van der Waals surface area (Å²) in [6, 6.07) is 3.33. The van der Waals surface area contributed by atoms with Crippen LogP contribution < -0.4 is 16.0 Å². The number of anilines is 4. The van der Waals surface area contributed by atoms with Crippen molar-refractivity contribution in [2.45, 2.75) is 25.8 Å². The number of likely N-dealkylation sites (tertiary alicyclic amines) is 1. The van der Waals surface area contributed by atoms with Gasteiger partial charge in [0.2, 0.25) is 6.41 Å². The molecule has 1 fully saturated rings. The minimum Gasteiger partial charge on any atom is -0.382 e. The number of carbonyl (C=O) groups is 2. The number of carbonyl (C=O) groups excluding carboxylic acids is 2. The van der Waals surface area contributed by atoms with Gasteiger partial charge in [-0.2, -0.15) is 0 Å². The van der Waals surface area contributed by atoms with Crippen LogP contribution in [0.25, 0.3) is 0 Å². The van der Waals surface area contributed by atoms with E-state index in [4.69, 9.17) is 5.73 Å². The lowest BCUT2D eigenvalue weighted by molar-refractivity contribution is -0.126. The molecule has 9 heteroatoms. The Morgan fingerprint density at radius 1 is 1.39 bits per heavy atom. The van der Waals surface area contributed by atoms with Crippen LogP contribution in [0.3, 0.4) is 0 Å². The smallest absolute Gasteiger partial charge is 0.298 e. The zero-order valence-electron chi connectivity index (χ0n) is 15.5. The average molecular weight is 379 g/mol. The lowest BCUT2D eigenvalue weighted by Gasteiger charge is -2.33. The van der Waals surface area contributed by atoms with Crippen LogP contribution in [0, 0.1) is 11.8 Å². The molecule has 1 saturated heterocycles. The number of amides is 2. The monoisotopic (exact) mass is 379 g/mol. The molecule has 0 aromatic carbocycles. The molecule has 0 spiro atoms. The van der Waals surface area contributed by atoms with E-state index in [-0.39, 0.29) is 17.8 Å². The van der Waals surface area contributed by atoms with E-state index in [1.807, 2.05) is 0 Å². The maximum Gasteiger partial charge on any atom is 0.298 e. The van der Waals surface area contributed by atoms with Crippen LogP contribution in [0.1, 0.15) is 19.8 Å². The summed E-state index contributed by atoms with van der Waals surface area (Å²) < 4.78 is 0. The topological polar surface area (TPSA) is 117 Å². The molecule has 2 aromatic rings. The van der Waals surface area contributed by atoms with Gasteiger partial charge in [-0.05, 0) is 37.8 Å². The number of aromatic nitrogens is 3. The fraction of sp³-hybridized carbons (Fsp3) is 0.316. The number of rotatable bonds is 5. The molecule has 0 aliphatic carbocycles. The van der Waals surface area contributed by atoms with Gasteiger partial charge in [0.25, 0.3) is 5.91 Å². The first kappa shape index (κ1) is 19.1. The van der Waals surface area contributed by atoms with Gasteiger partial charge >= 0.3 is 0 Å². The Morgan fingerprint density at radius 3 is 2.89 bits per heavy atom. The third-order valence-electron chi connectivity index (χ3n) is 4.42. The average Bonchev–Trinajstić information content (AvgIpc) is 2.72. The molecule has 0 unspecified atom stereocenters. The Morgan fingerprint density at radius 2 is 2.18 bits per heavy atom. The lowest BCUT2D eigenvalue weighted by Crippen LogP contribution is -2.45. The summed E-state index contributed by atoms with van der Waals surface area (Å²) in [5.41, 5.74) is 7.02. The fourth-order valence-corrected chi connectivity index (χ4v) is 3.14. The molecule has 3 rings (SSSR count). The predicted molar refractivity (Wildman–Crippen MR) is 106 cm³/mol. The molecule has 2 aromatic heterocycles. The van der Waals surface area contributed by atoms with Crippen molar-refractivity contribution in [2.24, 2.45) is 0 Å². The van der Waals surface area contributed by atoms with Crippen LogP contribution in [0.15, 0.2) is 30.9 Å². The molecular weight excluding hydrogens is 358 g/mol. The molecule has 9 nitrogen and oxygen atoms in total. The number of nitrogens with two attached hydrogens (primary N) is 1. The van der Waals surface area contributed by atoms with Gasteiger partial charge in [0.1, 0.15) is 12.0 Å². The third-order valence-corrected chi connectivity index (χ3v) is 4.42. The summed E-state index contributed by atoms with van der Waals surface area (Å²) in [6.07, 6.45) is 6.85. The van der Waals surface area contributed by atoms with Gasteiger partial charge in [0.15, 0.2) is 11.6 Å². The van der Waals surface area contributed by atoms with E-state index in [9.17, 15) is 9.59 Å². The zero-order chi connectivity index (χ0) is 19.9. The number of hydrogen-bond donors (Lipinski definition) is 2. The molecule has 0 saturated carbocycles. The highest BCUT2D eigenvalue weighted by Crippen LogP contribution is 2.34. The zero-order valence-corrected chi connectivity index (χ0v) is 15.5. The Labute approximate surface area is 163 Å². The van der Waals surface area contributed by atoms with Crippen molar-refractivity contribution >= 4 is 35.3 Å². The third kappa shape index (κ3) is 4.17. The Hall–Kier alpha value is -3.67. The van der Waals surface area contributed by atoms with Gasteiger partial charge in [-0.25, -0.2) is 9.97 Å². The van der Waals surface area contributed by atoms with E-state index in [0.717, 1.165) is 12.8 Å². The molecule has 1 aliphatic rings. The van der Waals surface area contributed by atoms with Crippen LogP contribution in [-0.2, 0) is 9.59 Å². The SMILES string of the molecule is CC#CC(=O)N1CCC[C@@H](Nc2ncnc(N)c2N(C=O)c2ccncc2)C1. The van der Waals surface area contributed by atoms with Crippen molar-refractivity contribution in [1.82, 2.24) is 19.9 Å². The summed E-state index contributed by atoms with van der Waals surface area (Å²) >= 11 is 0. The number of piperidine rings is 1. The first-order chi connectivity index (χ1) is 13.6. The largest absolute Gasteiger partial charge is 0.382 e. The Kier molecular flexibility index (Phi) is 6.01. The van der Waals surface area contributed by atoms with E-state index in [2.05, 4.69) is 32.1 Å². The van der Waals surface area contributed by atoms with E-state index < -0.39 is 0 Å². The van der Waals surface area contributed by atoms with Crippen molar-refractivity contribution in [3.63, 3.8) is 0 Å². The first-order valence-electron chi connectivity index (χ1n) is 8.87. The summed E-state index contributed by atoms with van der Waals surface area (Å²) in [5.74, 6) is 5.61. The van der Waals surface area contributed by atoms with Gasteiger partial charge in [-0.15, -0.1) is 0 Å². The molecule has 144 valence electrons. The maximum absolute atomic E-state index is 12.1. The highest BCUT2D eigenvalue weighted by molar-refractivity contribution is 5.95. The summed E-state index contributed by atoms with van der Waals surface area (Å²) in [5, 5.41) is 3.31. The predicted octanol–water partition coefficient (Wildman–Crippen LogP) is 1.17. The fourth-order valence-electron chi connectivity index (χ4n) is 3.14. The minimum absolute atomic E-state index is 0.0460. The van der Waals surface area contributed by atoms with Crippen LogP contribution >= 0.6 is 0 Å². The van der Waals surface area contributed by atoms with Crippen molar-refractivity contribution in [1.29, 1.82) is 0 Å². The summed E-state index contributed by atoms with van der Waals surface area (Å²) in [4.78, 5) is 39.2. The summed E-state index contributed by atoms with van der Waals surface area (Å²) in [7, 11) is 0. The van der Waals surface area contributed by atoms with E-state index in [0.29, 0.717) is 36.7 Å². The molecule has 0 bridgehead atoms. The number of pyridine rings is 1. The highest BCUT2D eigenvalue weighted by atomic mass is 16.2. The van der Waals surface area contributed by atoms with Crippen molar-refractivity contribution in [3.8, 4) is 11.8 Å². The quantitative estimate of drug-likeness (QED) is 0.591. The van der Waals surface area contributed by atoms with Gasteiger partial charge in [-0.1, -0.05) is 5.92 Å². The number of nitrogens with zero attached hydrogens (tertiary/aromatic N) is 5. The number of nitrogens with one attached hydrogen (secondary N) is 1. The Balaban J connectivity index is 1.87. The second-order valence-corrected chi connectivity index (χ2v) is 6.25. The molecule has 1 atom stereocenters. The maximum atomic E-state index is 12.1. The van der Waals surface area contributed by atoms with Crippen molar-refractivity contribution < 1.29 is 9.59 Å². The van der Waals surface area contributed by atoms with E-state index in [1.54, 1.807) is 36.4 Å². The highest BCUT2D eigenvalue weighted by Gasteiger charge is 2.25. The van der Waals surface area contributed by atoms with Crippen LogP contribution in [0.5, 0.6) is 0 Å². The standard InChI is InChI=1S/C19H21N7O2/c1-2-4-16(28)25-10-3-5-14(11-25)24-19-17(18(20)22-12-23-19)26(13-27)15-6-8-21-9-7-15/h6-9,12-14H,3,5,10-11H2,1H3,(H3,20,22,23,24)/t14-/m1/s1. The van der Waals surface area contributed by atoms with Gasteiger partial charge in [-0.3, -0.25) is 19.5 Å². The van der Waals surface area contributed by atoms with Crippen molar-refractivity contribution in [2.75, 3.05) is 29.0 Å². The molecule has 3 N–H and O–H groups in total. The molecule has 3 heterocycles. The van der Waals surface area contributed by atoms with Crippen LogP contribution in [0.4, 0.5) is 23.0 Å². The second-order valence-electron chi connectivity index (χ2n) is 6.25. The van der Waals surface area contributed by atoms with Gasteiger partial charge in [0.05, 0.1) is 5.69 Å². The normalized spacial score (nSPS) is 15.9. The molecule has 0 radical (unpaired) electrons. The minimum atomic E-state index is -0.192. The second kappa shape index (κ2) is 8.81. The lowest BCUT2D eigenvalue weighted by atomic mass is 10.1. The number of hydrogen-bond acceptors (Lipinski definition) is 7. The summed E-state index contributed by atoms with van der Waals surface area (Å²) in [6.45, 7) is 2.80. The molecule has 1 aliphatic heterocycles. The molecular formula is C19H21N7O2. The number of nitrogen functional groups attached to an aromatic ring is 1. The van der Waals surface area contributed by atoms with Crippen molar-refractivity contribution in [3.05, 3.63) is 30.9 Å². The first-order valence-corrected chi connectivity index (χ1v) is 8.87.